The van der Waals surface area contributed by atoms with Crippen LogP contribution in [0.15, 0.2) is 65.1 Å². The minimum absolute atomic E-state index is 0.225. The highest BCUT2D eigenvalue weighted by Crippen LogP contribution is 2.32. The molecule has 182 valence electrons. The van der Waals surface area contributed by atoms with Crippen molar-refractivity contribution in [3.05, 3.63) is 87.6 Å². The maximum absolute atomic E-state index is 13.4. The molecule has 0 saturated heterocycles. The number of hydrogen-bond acceptors (Lipinski definition) is 7. The number of rotatable bonds is 9. The number of halogens is 3. The van der Waals surface area contributed by atoms with E-state index in [0.717, 1.165) is 17.7 Å². The van der Waals surface area contributed by atoms with Crippen LogP contribution in [0.2, 0.25) is 0 Å². The van der Waals surface area contributed by atoms with Gasteiger partial charge in [-0.1, -0.05) is 48.2 Å². The van der Waals surface area contributed by atoms with Crippen molar-refractivity contribution < 1.29 is 22.8 Å². The number of hydrogen-bond donors (Lipinski definition) is 1. The van der Waals surface area contributed by atoms with Gasteiger partial charge in [0.1, 0.15) is 16.5 Å². The molecule has 0 aliphatic carbocycles. The van der Waals surface area contributed by atoms with E-state index < -0.39 is 17.6 Å². The van der Waals surface area contributed by atoms with Crippen LogP contribution < -0.4 is 5.48 Å². The number of thioether (sulfide) groups is 1. The molecule has 12 heteroatoms. The molecule has 0 bridgehead atoms. The van der Waals surface area contributed by atoms with Crippen LogP contribution in [0.5, 0.6) is 0 Å². The summed E-state index contributed by atoms with van der Waals surface area (Å²) in [5.74, 6) is 0.417. The van der Waals surface area contributed by atoms with E-state index in [2.05, 4.69) is 20.7 Å². The van der Waals surface area contributed by atoms with Crippen LogP contribution in [0.25, 0.3) is 5.69 Å². The second-order valence-corrected chi connectivity index (χ2v) is 9.11. The minimum Gasteiger partial charge on any atom is -0.274 e. The van der Waals surface area contributed by atoms with Gasteiger partial charge in [-0.25, -0.2) is 10.5 Å². The monoisotopic (exact) mass is 519 g/mol. The van der Waals surface area contributed by atoms with Crippen LogP contribution in [0, 0.1) is 0 Å². The summed E-state index contributed by atoms with van der Waals surface area (Å²) >= 11 is 2.57. The molecule has 0 radical (unpaired) electrons. The van der Waals surface area contributed by atoms with Gasteiger partial charge in [-0.05, 0) is 30.7 Å². The third kappa shape index (κ3) is 6.27. The van der Waals surface area contributed by atoms with E-state index >= 15 is 0 Å². The molecule has 4 rings (SSSR count). The van der Waals surface area contributed by atoms with Gasteiger partial charge in [0.05, 0.1) is 23.6 Å². The summed E-state index contributed by atoms with van der Waals surface area (Å²) in [6.45, 7) is 2.07. The highest BCUT2D eigenvalue weighted by Gasteiger charge is 2.31. The van der Waals surface area contributed by atoms with E-state index in [1.807, 2.05) is 30.3 Å². The Labute approximate surface area is 207 Å². The van der Waals surface area contributed by atoms with E-state index in [0.29, 0.717) is 40.5 Å². The number of amides is 1. The van der Waals surface area contributed by atoms with Gasteiger partial charge in [-0.3, -0.25) is 14.2 Å². The van der Waals surface area contributed by atoms with Crippen molar-refractivity contribution in [2.45, 2.75) is 30.4 Å². The lowest BCUT2D eigenvalue weighted by molar-refractivity contribution is -0.137. The third-order valence-electron chi connectivity index (χ3n) is 4.76. The topological polar surface area (TPSA) is 81.9 Å². The zero-order valence-corrected chi connectivity index (χ0v) is 20.1. The Morgan fingerprint density at radius 1 is 1.14 bits per heavy atom. The number of carbonyl (C=O) groups is 1. The molecule has 0 saturated carbocycles. The van der Waals surface area contributed by atoms with Gasteiger partial charge in [0.2, 0.25) is 0 Å². The Bertz CT molecular complexity index is 1290. The number of carbonyl (C=O) groups excluding carboxylic acids is 1. The van der Waals surface area contributed by atoms with Crippen LogP contribution in [0.1, 0.15) is 39.4 Å². The normalized spacial score (nSPS) is 11.5. The smallest absolute Gasteiger partial charge is 0.274 e. The number of aromatic nitrogens is 4. The molecule has 0 aliphatic heterocycles. The zero-order valence-electron chi connectivity index (χ0n) is 18.5. The van der Waals surface area contributed by atoms with Crippen molar-refractivity contribution in [2.24, 2.45) is 0 Å². The fourth-order valence-corrected chi connectivity index (χ4v) is 4.93. The van der Waals surface area contributed by atoms with Crippen LogP contribution in [0.3, 0.4) is 0 Å². The molecule has 0 unspecified atom stereocenters. The number of hydroxylamine groups is 1. The van der Waals surface area contributed by atoms with Gasteiger partial charge in [0.15, 0.2) is 5.16 Å². The van der Waals surface area contributed by atoms with Crippen LogP contribution >= 0.6 is 23.1 Å². The number of thiazole rings is 1. The SMILES string of the molecule is CCONC(=O)c1csc(CSc2nnc(Cc3ccccc3)n2-c2cccc(C(F)(F)F)c2)n1. The van der Waals surface area contributed by atoms with Gasteiger partial charge in [-0.2, -0.15) is 13.2 Å². The standard InChI is InChI=1S/C23H20F3N5O2S2/c1-2-33-30-21(32)18-13-34-20(27-18)14-35-22-29-28-19(11-15-7-4-3-5-8-15)31(22)17-10-6-9-16(12-17)23(24,25)26/h3-10,12-13H,2,11,14H2,1H3,(H,30,32). The predicted octanol–water partition coefficient (Wildman–Crippen LogP) is 5.31. The Morgan fingerprint density at radius 2 is 1.94 bits per heavy atom. The first-order valence-electron chi connectivity index (χ1n) is 10.5. The molecule has 1 N–H and O–H groups in total. The highest BCUT2D eigenvalue weighted by molar-refractivity contribution is 7.98. The van der Waals surface area contributed by atoms with E-state index in [1.54, 1.807) is 22.9 Å². The first-order chi connectivity index (χ1) is 16.8. The molecule has 2 heterocycles. The second kappa shape index (κ2) is 11.0. The van der Waals surface area contributed by atoms with Crippen molar-refractivity contribution >= 4 is 29.0 Å². The van der Waals surface area contributed by atoms with Gasteiger partial charge < -0.3 is 0 Å². The van der Waals surface area contributed by atoms with Crippen LogP contribution in [0.4, 0.5) is 13.2 Å². The van der Waals surface area contributed by atoms with Crippen molar-refractivity contribution in [3.8, 4) is 5.69 Å². The molecule has 0 aliphatic rings. The second-order valence-electron chi connectivity index (χ2n) is 7.22. The summed E-state index contributed by atoms with van der Waals surface area (Å²) in [6, 6.07) is 14.6. The Kier molecular flexibility index (Phi) is 7.83. The molecule has 0 fully saturated rings. The molecule has 7 nitrogen and oxygen atoms in total. The Balaban J connectivity index is 1.61. The van der Waals surface area contributed by atoms with E-state index in [9.17, 15) is 18.0 Å². The van der Waals surface area contributed by atoms with Crippen molar-refractivity contribution in [1.29, 1.82) is 0 Å². The van der Waals surface area contributed by atoms with Crippen LogP contribution in [-0.4, -0.2) is 32.3 Å². The highest BCUT2D eigenvalue weighted by atomic mass is 32.2. The molecule has 35 heavy (non-hydrogen) atoms. The summed E-state index contributed by atoms with van der Waals surface area (Å²) in [6.07, 6.45) is -4.08. The Hall–Kier alpha value is -3.22. The molecular weight excluding hydrogens is 499 g/mol. The average Bonchev–Trinajstić information content (AvgIpc) is 3.48. The molecule has 2 aromatic carbocycles. The van der Waals surface area contributed by atoms with E-state index in [4.69, 9.17) is 4.84 Å². The summed E-state index contributed by atoms with van der Waals surface area (Å²) in [5, 5.41) is 11.2. The molecule has 2 aromatic heterocycles. The maximum atomic E-state index is 13.4. The number of alkyl halides is 3. The summed E-state index contributed by atoms with van der Waals surface area (Å²) in [5.41, 5.74) is 3.03. The number of nitrogens with zero attached hydrogens (tertiary/aromatic N) is 4. The number of nitrogens with one attached hydrogen (secondary N) is 1. The lowest BCUT2D eigenvalue weighted by Crippen LogP contribution is -2.23. The van der Waals surface area contributed by atoms with Gasteiger partial charge in [0, 0.05) is 11.8 Å². The molecule has 1 amide bonds. The zero-order chi connectivity index (χ0) is 24.8. The largest absolute Gasteiger partial charge is 0.416 e. The Morgan fingerprint density at radius 3 is 2.69 bits per heavy atom. The summed E-state index contributed by atoms with van der Waals surface area (Å²) in [7, 11) is 0. The molecular formula is C23H20F3N5O2S2. The fourth-order valence-electron chi connectivity index (χ4n) is 3.17. The first-order valence-corrected chi connectivity index (χ1v) is 12.4. The summed E-state index contributed by atoms with van der Waals surface area (Å²) in [4.78, 5) is 21.2. The average molecular weight is 520 g/mol. The third-order valence-corrected chi connectivity index (χ3v) is 6.73. The van der Waals surface area contributed by atoms with Gasteiger partial charge in [-0.15, -0.1) is 21.5 Å². The lowest BCUT2D eigenvalue weighted by atomic mass is 10.1. The molecule has 0 atom stereocenters. The van der Waals surface area contributed by atoms with E-state index in [1.165, 1.54) is 29.2 Å². The fraction of sp³-hybridized carbons (Fsp3) is 0.217. The van der Waals surface area contributed by atoms with Crippen molar-refractivity contribution in [3.63, 3.8) is 0 Å². The molecule has 4 aromatic rings. The molecule has 0 spiro atoms. The van der Waals surface area contributed by atoms with Gasteiger partial charge >= 0.3 is 6.18 Å². The predicted molar refractivity (Wildman–Crippen MR) is 126 cm³/mol. The minimum atomic E-state index is -4.48. The van der Waals surface area contributed by atoms with Gasteiger partial charge in [0.25, 0.3) is 5.91 Å². The lowest BCUT2D eigenvalue weighted by Gasteiger charge is -2.13. The maximum Gasteiger partial charge on any atom is 0.416 e. The van der Waals surface area contributed by atoms with E-state index in [-0.39, 0.29) is 5.69 Å². The van der Waals surface area contributed by atoms with Crippen molar-refractivity contribution in [2.75, 3.05) is 6.61 Å². The summed E-state index contributed by atoms with van der Waals surface area (Å²) < 4.78 is 41.8. The van der Waals surface area contributed by atoms with Crippen LogP contribution in [-0.2, 0) is 23.2 Å². The number of benzene rings is 2. The first kappa shape index (κ1) is 24.9. The quantitative estimate of drug-likeness (QED) is 0.239. The van der Waals surface area contributed by atoms with Crippen molar-refractivity contribution in [1.82, 2.24) is 25.2 Å².